The van der Waals surface area contributed by atoms with Gasteiger partial charge in [0, 0.05) is 11.6 Å². The van der Waals surface area contributed by atoms with E-state index in [0.29, 0.717) is 18.5 Å². The largest absolute Gasteiger partial charge is 0.496 e. The van der Waals surface area contributed by atoms with Gasteiger partial charge in [0.1, 0.15) is 5.75 Å². The van der Waals surface area contributed by atoms with Gasteiger partial charge in [-0.1, -0.05) is 18.2 Å². The molecule has 4 N–H and O–H groups in total. The van der Waals surface area contributed by atoms with Crippen LogP contribution >= 0.6 is 0 Å². The molecule has 17 heavy (non-hydrogen) atoms. The lowest BCUT2D eigenvalue weighted by molar-refractivity contribution is 0.375. The van der Waals surface area contributed by atoms with E-state index >= 15 is 0 Å². The fourth-order valence-corrected chi connectivity index (χ4v) is 2.56. The molecule has 1 aliphatic heterocycles. The molecule has 0 saturated carbocycles. The first kappa shape index (κ1) is 12.4. The zero-order valence-corrected chi connectivity index (χ0v) is 10.4. The molecule has 0 spiro atoms. The fourth-order valence-electron chi connectivity index (χ4n) is 2.56. The Morgan fingerprint density at radius 1 is 1.29 bits per heavy atom. The van der Waals surface area contributed by atoms with E-state index in [4.69, 9.17) is 10.5 Å². The van der Waals surface area contributed by atoms with E-state index < -0.39 is 0 Å². The van der Waals surface area contributed by atoms with Gasteiger partial charge in [0.15, 0.2) is 0 Å². The van der Waals surface area contributed by atoms with Crippen LogP contribution in [0.5, 0.6) is 5.75 Å². The molecule has 2 rings (SSSR count). The van der Waals surface area contributed by atoms with Crippen LogP contribution in [0.1, 0.15) is 24.9 Å². The number of ether oxygens (including phenoxy) is 1. The third kappa shape index (κ3) is 2.44. The van der Waals surface area contributed by atoms with Gasteiger partial charge in [-0.15, -0.1) is 0 Å². The van der Waals surface area contributed by atoms with Crippen molar-refractivity contribution in [2.75, 3.05) is 13.7 Å². The van der Waals surface area contributed by atoms with E-state index in [1.165, 1.54) is 5.56 Å². The van der Waals surface area contributed by atoms with Crippen LogP contribution in [-0.2, 0) is 0 Å². The average Bonchev–Trinajstić information content (AvgIpc) is 2.72. The minimum Gasteiger partial charge on any atom is -0.496 e. The first-order valence-corrected chi connectivity index (χ1v) is 6.12. The van der Waals surface area contributed by atoms with Crippen molar-refractivity contribution in [3.8, 4) is 5.75 Å². The molecule has 0 aliphatic carbocycles. The molecule has 4 nitrogen and oxygen atoms in total. The molecular weight excluding hydrogens is 214 g/mol. The Hall–Kier alpha value is -1.10. The molecule has 1 aliphatic rings. The van der Waals surface area contributed by atoms with Gasteiger partial charge in [0.05, 0.1) is 13.2 Å². The summed E-state index contributed by atoms with van der Waals surface area (Å²) in [5, 5.41) is 0. The number of hydrogen-bond acceptors (Lipinski definition) is 4. The van der Waals surface area contributed by atoms with Crippen LogP contribution in [0, 0.1) is 5.92 Å². The highest BCUT2D eigenvalue weighted by atomic mass is 16.5. The van der Waals surface area contributed by atoms with Crippen molar-refractivity contribution in [1.82, 2.24) is 10.9 Å². The maximum atomic E-state index is 5.69. The first-order chi connectivity index (χ1) is 8.27. The number of nitrogens with one attached hydrogen (secondary N) is 2. The monoisotopic (exact) mass is 235 g/mol. The molecule has 1 aromatic rings. The average molecular weight is 235 g/mol. The highest BCUT2D eigenvalue weighted by molar-refractivity contribution is 5.37. The van der Waals surface area contributed by atoms with E-state index in [0.717, 1.165) is 12.2 Å². The quantitative estimate of drug-likeness (QED) is 0.734. The summed E-state index contributed by atoms with van der Waals surface area (Å²) in [7, 11) is 1.71. The second-order valence-corrected chi connectivity index (χ2v) is 4.54. The Kier molecular flexibility index (Phi) is 3.99. The Balaban J connectivity index is 2.26. The van der Waals surface area contributed by atoms with Crippen LogP contribution < -0.4 is 21.3 Å². The summed E-state index contributed by atoms with van der Waals surface area (Å²) in [6, 6.07) is 8.84. The number of para-hydroxylation sites is 1. The summed E-state index contributed by atoms with van der Waals surface area (Å²) in [4.78, 5) is 0. The Bertz CT molecular complexity index is 369. The lowest BCUT2D eigenvalue weighted by Crippen LogP contribution is -2.29. The van der Waals surface area contributed by atoms with Gasteiger partial charge >= 0.3 is 0 Å². The number of hydrogen-bond donors (Lipinski definition) is 3. The lowest BCUT2D eigenvalue weighted by Gasteiger charge is -2.22. The van der Waals surface area contributed by atoms with Crippen LogP contribution in [0.3, 0.4) is 0 Å². The topological polar surface area (TPSA) is 59.3 Å². The zero-order valence-electron chi connectivity index (χ0n) is 10.4. The zero-order chi connectivity index (χ0) is 12.3. The molecule has 3 unspecified atom stereocenters. The molecule has 0 bridgehead atoms. The second-order valence-electron chi connectivity index (χ2n) is 4.54. The van der Waals surface area contributed by atoms with E-state index in [1.807, 2.05) is 18.2 Å². The van der Waals surface area contributed by atoms with Crippen LogP contribution in [0.4, 0.5) is 0 Å². The number of rotatable bonds is 4. The minimum absolute atomic E-state index is 0.268. The fraction of sp³-hybridized carbons (Fsp3) is 0.538. The van der Waals surface area contributed by atoms with Crippen molar-refractivity contribution in [1.29, 1.82) is 0 Å². The molecule has 3 atom stereocenters. The molecule has 0 radical (unpaired) electrons. The third-order valence-electron chi connectivity index (χ3n) is 3.51. The van der Waals surface area contributed by atoms with Gasteiger partial charge < -0.3 is 10.5 Å². The van der Waals surface area contributed by atoms with Crippen molar-refractivity contribution >= 4 is 0 Å². The van der Waals surface area contributed by atoms with E-state index in [9.17, 15) is 0 Å². The predicted molar refractivity (Wildman–Crippen MR) is 68.6 cm³/mol. The molecule has 1 aromatic carbocycles. The standard InChI is InChI=1S/C13H21N3O/c1-9-10(7-8-14)13(16-15-9)11-5-3-4-6-12(11)17-2/h3-6,9-10,13,15-16H,7-8,14H2,1-2H3. The van der Waals surface area contributed by atoms with Crippen LogP contribution in [0.15, 0.2) is 24.3 Å². The van der Waals surface area contributed by atoms with Crippen molar-refractivity contribution in [2.45, 2.75) is 25.4 Å². The molecule has 0 amide bonds. The van der Waals surface area contributed by atoms with Crippen molar-refractivity contribution in [2.24, 2.45) is 11.7 Å². The van der Waals surface area contributed by atoms with Crippen molar-refractivity contribution in [3.05, 3.63) is 29.8 Å². The molecule has 4 heteroatoms. The molecule has 94 valence electrons. The summed E-state index contributed by atoms with van der Waals surface area (Å²) < 4.78 is 5.42. The summed E-state index contributed by atoms with van der Waals surface area (Å²) in [6.07, 6.45) is 1.00. The van der Waals surface area contributed by atoms with Crippen LogP contribution in [-0.4, -0.2) is 19.7 Å². The molecular formula is C13H21N3O. The number of hydrazine groups is 1. The second kappa shape index (κ2) is 5.49. The third-order valence-corrected chi connectivity index (χ3v) is 3.51. The number of methoxy groups -OCH3 is 1. The Morgan fingerprint density at radius 3 is 2.76 bits per heavy atom. The highest BCUT2D eigenvalue weighted by Crippen LogP contribution is 2.35. The van der Waals surface area contributed by atoms with Gasteiger partial charge in [-0.3, -0.25) is 5.43 Å². The van der Waals surface area contributed by atoms with Gasteiger partial charge in [0.25, 0.3) is 0 Å². The van der Waals surface area contributed by atoms with Crippen LogP contribution in [0.2, 0.25) is 0 Å². The Labute approximate surface area is 103 Å². The Morgan fingerprint density at radius 2 is 2.06 bits per heavy atom. The van der Waals surface area contributed by atoms with E-state index in [2.05, 4.69) is 23.8 Å². The molecule has 1 heterocycles. The summed E-state index contributed by atoms with van der Waals surface area (Å²) >= 11 is 0. The summed E-state index contributed by atoms with van der Waals surface area (Å²) in [6.45, 7) is 2.90. The SMILES string of the molecule is COc1ccccc1C1NNC(C)C1CCN. The maximum Gasteiger partial charge on any atom is 0.123 e. The molecule has 0 aromatic heterocycles. The summed E-state index contributed by atoms with van der Waals surface area (Å²) in [5.41, 5.74) is 13.5. The van der Waals surface area contributed by atoms with Gasteiger partial charge in [-0.25, -0.2) is 5.43 Å². The predicted octanol–water partition coefficient (Wildman–Crippen LogP) is 1.20. The van der Waals surface area contributed by atoms with Crippen molar-refractivity contribution in [3.63, 3.8) is 0 Å². The summed E-state index contributed by atoms with van der Waals surface area (Å²) in [5.74, 6) is 1.43. The molecule has 1 fully saturated rings. The highest BCUT2D eigenvalue weighted by Gasteiger charge is 2.34. The smallest absolute Gasteiger partial charge is 0.123 e. The van der Waals surface area contributed by atoms with Crippen molar-refractivity contribution < 1.29 is 4.74 Å². The van der Waals surface area contributed by atoms with E-state index in [1.54, 1.807) is 7.11 Å². The first-order valence-electron chi connectivity index (χ1n) is 6.12. The van der Waals surface area contributed by atoms with Crippen LogP contribution in [0.25, 0.3) is 0 Å². The molecule has 1 saturated heterocycles. The maximum absolute atomic E-state index is 5.69. The van der Waals surface area contributed by atoms with E-state index in [-0.39, 0.29) is 6.04 Å². The van der Waals surface area contributed by atoms with Gasteiger partial charge in [-0.2, -0.15) is 0 Å². The van der Waals surface area contributed by atoms with Gasteiger partial charge in [-0.05, 0) is 31.9 Å². The number of nitrogens with two attached hydrogens (primary N) is 1. The van der Waals surface area contributed by atoms with Gasteiger partial charge in [0.2, 0.25) is 0 Å². The normalized spacial score (nSPS) is 28.3. The minimum atomic E-state index is 0.268. The lowest BCUT2D eigenvalue weighted by atomic mass is 9.87. The number of benzene rings is 1.